The molecule has 0 unspecified atom stereocenters. The third-order valence-electron chi connectivity index (χ3n) is 4.65. The lowest BCUT2D eigenvalue weighted by atomic mass is 10.0. The summed E-state index contributed by atoms with van der Waals surface area (Å²) in [6, 6.07) is 13.4. The van der Waals surface area contributed by atoms with E-state index < -0.39 is 0 Å². The largest absolute Gasteiger partial charge is 0.383 e. The van der Waals surface area contributed by atoms with Crippen molar-refractivity contribution < 1.29 is 9.53 Å². The molecule has 29 heavy (non-hydrogen) atoms. The first-order valence-electron chi connectivity index (χ1n) is 9.37. The van der Waals surface area contributed by atoms with E-state index in [9.17, 15) is 4.79 Å². The molecule has 1 aromatic heterocycles. The zero-order valence-corrected chi connectivity index (χ0v) is 18.5. The number of aromatic nitrogens is 3. The number of ketones is 1. The highest BCUT2D eigenvalue weighted by Gasteiger charge is 2.23. The summed E-state index contributed by atoms with van der Waals surface area (Å²) < 4.78 is 7.25. The molecule has 0 N–H and O–H groups in total. The van der Waals surface area contributed by atoms with Gasteiger partial charge in [0.05, 0.1) is 18.4 Å². The molecule has 0 radical (unpaired) electrons. The van der Waals surface area contributed by atoms with Crippen LogP contribution in [0.3, 0.4) is 0 Å². The lowest BCUT2D eigenvalue weighted by Crippen LogP contribution is -2.17. The van der Waals surface area contributed by atoms with Gasteiger partial charge in [-0.05, 0) is 56.7 Å². The molecule has 5 nitrogen and oxygen atoms in total. The minimum absolute atomic E-state index is 0.0885. The van der Waals surface area contributed by atoms with Gasteiger partial charge in [-0.15, -0.1) is 10.2 Å². The van der Waals surface area contributed by atoms with Crippen LogP contribution in [0, 0.1) is 13.8 Å². The maximum atomic E-state index is 13.0. The lowest BCUT2D eigenvalue weighted by molar-refractivity contribution is 0.0993. The monoisotopic (exact) mass is 429 g/mol. The van der Waals surface area contributed by atoms with Crippen LogP contribution < -0.4 is 0 Å². The molecular weight excluding hydrogens is 406 g/mol. The van der Waals surface area contributed by atoms with E-state index in [2.05, 4.69) is 10.2 Å². The van der Waals surface area contributed by atoms with E-state index in [1.807, 2.05) is 67.8 Å². The van der Waals surface area contributed by atoms with Gasteiger partial charge in [0.2, 0.25) is 0 Å². The van der Waals surface area contributed by atoms with Crippen molar-refractivity contribution in [2.75, 3.05) is 13.7 Å². The van der Waals surface area contributed by atoms with Crippen molar-refractivity contribution in [2.24, 2.45) is 0 Å². The van der Waals surface area contributed by atoms with Gasteiger partial charge in [0, 0.05) is 23.3 Å². The summed E-state index contributed by atoms with van der Waals surface area (Å²) in [5.41, 5.74) is 3.73. The van der Waals surface area contributed by atoms with Crippen molar-refractivity contribution >= 4 is 29.1 Å². The van der Waals surface area contributed by atoms with Crippen molar-refractivity contribution in [3.8, 4) is 11.4 Å². The first-order chi connectivity index (χ1) is 13.9. The molecule has 3 aromatic rings. The topological polar surface area (TPSA) is 57.0 Å². The summed E-state index contributed by atoms with van der Waals surface area (Å²) >= 11 is 7.42. The average Bonchev–Trinajstić information content (AvgIpc) is 3.10. The molecule has 0 saturated heterocycles. The molecule has 0 spiro atoms. The summed E-state index contributed by atoms with van der Waals surface area (Å²) in [4.78, 5) is 13.0. The highest BCUT2D eigenvalue weighted by atomic mass is 35.5. The Morgan fingerprint density at radius 2 is 1.90 bits per heavy atom. The molecule has 0 aliphatic carbocycles. The summed E-state index contributed by atoms with van der Waals surface area (Å²) in [5, 5.41) is 9.79. The second kappa shape index (κ2) is 9.57. The summed E-state index contributed by atoms with van der Waals surface area (Å²) in [6.07, 6.45) is 0. The SMILES string of the molecule is COCCn1c(S[C@@H](C)C(=O)c2cc(C)ccc2C)nnc1-c1ccc(Cl)cc1. The fourth-order valence-electron chi connectivity index (χ4n) is 3.00. The van der Waals surface area contributed by atoms with E-state index in [4.69, 9.17) is 16.3 Å². The van der Waals surface area contributed by atoms with Crippen LogP contribution in [0.5, 0.6) is 0 Å². The normalized spacial score (nSPS) is 12.2. The van der Waals surface area contributed by atoms with Gasteiger partial charge < -0.3 is 4.74 Å². The molecule has 0 bridgehead atoms. The molecule has 1 heterocycles. The number of rotatable bonds is 8. The minimum Gasteiger partial charge on any atom is -0.383 e. The molecule has 152 valence electrons. The maximum absolute atomic E-state index is 13.0. The standard InChI is InChI=1S/C22H24ClN3O2S/c1-14-5-6-15(2)19(13-14)20(27)16(3)29-22-25-24-21(26(22)11-12-28-4)17-7-9-18(23)10-8-17/h5-10,13,16H,11-12H2,1-4H3/t16-/m0/s1. The molecule has 3 rings (SSSR count). The molecule has 0 fully saturated rings. The predicted octanol–water partition coefficient (Wildman–Crippen LogP) is 5.23. The molecule has 2 aromatic carbocycles. The Kier molecular flexibility index (Phi) is 7.11. The van der Waals surface area contributed by atoms with Gasteiger partial charge in [-0.1, -0.05) is 41.1 Å². The number of ether oxygens (including phenoxy) is 1. The second-order valence-electron chi connectivity index (χ2n) is 6.90. The molecular formula is C22H24ClN3O2S. The number of nitrogens with zero attached hydrogens (tertiary/aromatic N) is 3. The summed E-state index contributed by atoms with van der Waals surface area (Å²) in [7, 11) is 1.66. The van der Waals surface area contributed by atoms with Crippen LogP contribution in [0.1, 0.15) is 28.4 Å². The van der Waals surface area contributed by atoms with Crippen LogP contribution in [0.25, 0.3) is 11.4 Å². The van der Waals surface area contributed by atoms with Crippen molar-refractivity contribution in [3.63, 3.8) is 0 Å². The number of halogens is 1. The van der Waals surface area contributed by atoms with Crippen molar-refractivity contribution in [3.05, 3.63) is 64.2 Å². The molecule has 0 aliphatic rings. The number of carbonyl (C=O) groups is 1. The number of Topliss-reactive ketones (excluding diaryl/α,β-unsaturated/α-hetero) is 1. The Bertz CT molecular complexity index is 1000. The van der Waals surface area contributed by atoms with Crippen molar-refractivity contribution in [2.45, 2.75) is 37.7 Å². The summed E-state index contributed by atoms with van der Waals surface area (Å²) in [5.74, 6) is 0.818. The van der Waals surface area contributed by atoms with Crippen molar-refractivity contribution in [1.82, 2.24) is 14.8 Å². The van der Waals surface area contributed by atoms with Crippen LogP contribution in [0.15, 0.2) is 47.6 Å². The van der Waals surface area contributed by atoms with Gasteiger partial charge in [0.15, 0.2) is 16.8 Å². The number of hydrogen-bond acceptors (Lipinski definition) is 5. The molecule has 1 atom stereocenters. The van der Waals surface area contributed by atoms with E-state index in [0.29, 0.717) is 23.3 Å². The number of hydrogen-bond donors (Lipinski definition) is 0. The number of aryl methyl sites for hydroxylation is 2. The highest BCUT2D eigenvalue weighted by Crippen LogP contribution is 2.29. The fraction of sp³-hybridized carbons (Fsp3) is 0.318. The second-order valence-corrected chi connectivity index (χ2v) is 8.64. The lowest BCUT2D eigenvalue weighted by Gasteiger charge is -2.14. The number of thioether (sulfide) groups is 1. The van der Waals surface area contributed by atoms with Crippen LogP contribution >= 0.6 is 23.4 Å². The fourth-order valence-corrected chi connectivity index (χ4v) is 4.07. The van der Waals surface area contributed by atoms with E-state index in [1.165, 1.54) is 11.8 Å². The van der Waals surface area contributed by atoms with Gasteiger partial charge in [-0.25, -0.2) is 0 Å². The van der Waals surface area contributed by atoms with Gasteiger partial charge in [0.25, 0.3) is 0 Å². The van der Waals surface area contributed by atoms with Gasteiger partial charge in [-0.3, -0.25) is 9.36 Å². The van der Waals surface area contributed by atoms with E-state index in [-0.39, 0.29) is 11.0 Å². The first-order valence-corrected chi connectivity index (χ1v) is 10.6. The first kappa shape index (κ1) is 21.6. The zero-order valence-electron chi connectivity index (χ0n) is 17.0. The Labute approximate surface area is 180 Å². The van der Waals surface area contributed by atoms with Gasteiger partial charge in [0.1, 0.15) is 0 Å². The van der Waals surface area contributed by atoms with E-state index in [0.717, 1.165) is 28.1 Å². The zero-order chi connectivity index (χ0) is 21.0. The number of carbonyl (C=O) groups excluding carboxylic acids is 1. The third-order valence-corrected chi connectivity index (χ3v) is 5.98. The van der Waals surface area contributed by atoms with Gasteiger partial charge >= 0.3 is 0 Å². The predicted molar refractivity (Wildman–Crippen MR) is 118 cm³/mol. The maximum Gasteiger partial charge on any atom is 0.192 e. The average molecular weight is 430 g/mol. The highest BCUT2D eigenvalue weighted by molar-refractivity contribution is 8.00. The van der Waals surface area contributed by atoms with Crippen LogP contribution in [-0.2, 0) is 11.3 Å². The molecule has 0 aliphatic heterocycles. The number of methoxy groups -OCH3 is 1. The summed E-state index contributed by atoms with van der Waals surface area (Å²) in [6.45, 7) is 6.98. The molecule has 0 amide bonds. The Balaban J connectivity index is 1.88. The van der Waals surface area contributed by atoms with Crippen LogP contribution in [-0.4, -0.2) is 39.5 Å². The smallest absolute Gasteiger partial charge is 0.192 e. The van der Waals surface area contributed by atoms with Crippen LogP contribution in [0.2, 0.25) is 5.02 Å². The third kappa shape index (κ3) is 5.07. The molecule has 0 saturated carbocycles. The Hall–Kier alpha value is -2.15. The Morgan fingerprint density at radius 1 is 1.17 bits per heavy atom. The van der Waals surface area contributed by atoms with Crippen LogP contribution in [0.4, 0.5) is 0 Å². The van der Waals surface area contributed by atoms with E-state index in [1.54, 1.807) is 7.11 Å². The number of benzene rings is 2. The Morgan fingerprint density at radius 3 is 2.59 bits per heavy atom. The van der Waals surface area contributed by atoms with E-state index >= 15 is 0 Å². The van der Waals surface area contributed by atoms with Gasteiger partial charge in [-0.2, -0.15) is 0 Å². The minimum atomic E-state index is -0.293. The molecule has 7 heteroatoms. The van der Waals surface area contributed by atoms with Crippen molar-refractivity contribution in [1.29, 1.82) is 0 Å². The quantitative estimate of drug-likeness (QED) is 0.362.